The number of nitrogens with two attached hydrogens (primary N) is 1. The summed E-state index contributed by atoms with van der Waals surface area (Å²) in [6, 6.07) is 14.8. The summed E-state index contributed by atoms with van der Waals surface area (Å²) >= 11 is 0. The molecule has 2 heteroatoms. The Bertz CT molecular complexity index is 529. The van der Waals surface area contributed by atoms with E-state index in [-0.39, 0.29) is 5.78 Å². The molecule has 0 saturated carbocycles. The molecule has 2 aromatic carbocycles. The second-order valence-corrected chi connectivity index (χ2v) is 3.97. The quantitative estimate of drug-likeness (QED) is 0.644. The van der Waals surface area contributed by atoms with Crippen molar-refractivity contribution in [1.29, 1.82) is 0 Å². The first-order valence-corrected chi connectivity index (χ1v) is 5.70. The zero-order chi connectivity index (χ0) is 12.3. The average Bonchev–Trinajstić information content (AvgIpc) is 2.39. The molecule has 0 aliphatic rings. The Kier molecular flexibility index (Phi) is 3.24. The highest BCUT2D eigenvalue weighted by Gasteiger charge is 2.11. The molecule has 0 aliphatic carbocycles. The summed E-state index contributed by atoms with van der Waals surface area (Å²) in [6.45, 7) is 2.09. The number of rotatable bonds is 3. The van der Waals surface area contributed by atoms with Crippen molar-refractivity contribution in [2.75, 3.05) is 5.73 Å². The molecule has 2 nitrogen and oxygen atoms in total. The highest BCUT2D eigenvalue weighted by Crippen LogP contribution is 2.16. The Morgan fingerprint density at radius 1 is 1.06 bits per heavy atom. The maximum Gasteiger partial charge on any atom is 0.195 e. The van der Waals surface area contributed by atoms with E-state index in [0.29, 0.717) is 16.8 Å². The van der Waals surface area contributed by atoms with Crippen LogP contribution >= 0.6 is 0 Å². The van der Waals surface area contributed by atoms with E-state index in [1.54, 1.807) is 12.1 Å². The van der Waals surface area contributed by atoms with Crippen LogP contribution in [0.2, 0.25) is 0 Å². The number of hydrogen-bond acceptors (Lipinski definition) is 2. The predicted molar refractivity (Wildman–Crippen MR) is 70.1 cm³/mol. The second-order valence-electron chi connectivity index (χ2n) is 3.97. The van der Waals surface area contributed by atoms with Crippen molar-refractivity contribution in [3.05, 3.63) is 65.2 Å². The first-order chi connectivity index (χ1) is 8.22. The molecule has 0 bridgehead atoms. The minimum Gasteiger partial charge on any atom is -0.398 e. The van der Waals surface area contributed by atoms with E-state index in [2.05, 4.69) is 6.92 Å². The average molecular weight is 225 g/mol. The third kappa shape index (κ3) is 2.36. The molecule has 2 aromatic rings. The number of hydrogen-bond donors (Lipinski definition) is 1. The Labute approximate surface area is 101 Å². The van der Waals surface area contributed by atoms with Gasteiger partial charge in [0.15, 0.2) is 5.78 Å². The number of carbonyl (C=O) groups is 1. The van der Waals surface area contributed by atoms with Gasteiger partial charge in [0.05, 0.1) is 0 Å². The Hall–Kier alpha value is -2.09. The molecule has 0 heterocycles. The minimum atomic E-state index is -0.0225. The first kappa shape index (κ1) is 11.4. The number of nitrogen functional groups attached to an aromatic ring is 1. The standard InChI is InChI=1S/C15H15NO/c1-2-11-7-9-12(10-8-11)15(17)13-5-3-4-6-14(13)16/h3-10H,2,16H2,1H3. The lowest BCUT2D eigenvalue weighted by molar-refractivity contribution is 0.103. The topological polar surface area (TPSA) is 43.1 Å². The molecule has 86 valence electrons. The highest BCUT2D eigenvalue weighted by atomic mass is 16.1. The fourth-order valence-corrected chi connectivity index (χ4v) is 1.75. The lowest BCUT2D eigenvalue weighted by atomic mass is 10.0. The third-order valence-corrected chi connectivity index (χ3v) is 2.83. The monoisotopic (exact) mass is 225 g/mol. The summed E-state index contributed by atoms with van der Waals surface area (Å²) in [6.07, 6.45) is 0.974. The van der Waals surface area contributed by atoms with Crippen molar-refractivity contribution >= 4 is 11.5 Å². The van der Waals surface area contributed by atoms with Gasteiger partial charge in [-0.05, 0) is 24.1 Å². The van der Waals surface area contributed by atoms with Gasteiger partial charge in [-0.3, -0.25) is 4.79 Å². The van der Waals surface area contributed by atoms with Crippen LogP contribution in [-0.4, -0.2) is 5.78 Å². The van der Waals surface area contributed by atoms with Gasteiger partial charge in [-0.25, -0.2) is 0 Å². The summed E-state index contributed by atoms with van der Waals surface area (Å²) in [5.74, 6) is -0.0225. The third-order valence-electron chi connectivity index (χ3n) is 2.83. The molecule has 0 aromatic heterocycles. The highest BCUT2D eigenvalue weighted by molar-refractivity contribution is 6.12. The van der Waals surface area contributed by atoms with Gasteiger partial charge >= 0.3 is 0 Å². The molecule has 17 heavy (non-hydrogen) atoms. The molecule has 2 rings (SSSR count). The van der Waals surface area contributed by atoms with Crippen LogP contribution in [0.3, 0.4) is 0 Å². The Morgan fingerprint density at radius 2 is 1.71 bits per heavy atom. The maximum absolute atomic E-state index is 12.2. The van der Waals surface area contributed by atoms with Crippen LogP contribution in [0.4, 0.5) is 5.69 Å². The van der Waals surface area contributed by atoms with Gasteiger partial charge in [-0.1, -0.05) is 43.3 Å². The summed E-state index contributed by atoms with van der Waals surface area (Å²) in [4.78, 5) is 12.2. The van der Waals surface area contributed by atoms with Crippen molar-refractivity contribution in [3.8, 4) is 0 Å². The summed E-state index contributed by atoms with van der Waals surface area (Å²) in [7, 11) is 0. The summed E-state index contributed by atoms with van der Waals surface area (Å²) in [5, 5.41) is 0. The van der Waals surface area contributed by atoms with Gasteiger partial charge < -0.3 is 5.73 Å². The van der Waals surface area contributed by atoms with Crippen molar-refractivity contribution in [2.24, 2.45) is 0 Å². The van der Waals surface area contributed by atoms with E-state index in [0.717, 1.165) is 6.42 Å². The molecule has 0 fully saturated rings. The minimum absolute atomic E-state index is 0.0225. The Morgan fingerprint density at radius 3 is 2.29 bits per heavy atom. The zero-order valence-corrected chi connectivity index (χ0v) is 9.81. The number of aryl methyl sites for hydroxylation is 1. The molecule has 0 aliphatic heterocycles. The molecule has 2 N–H and O–H groups in total. The normalized spacial score (nSPS) is 10.2. The fourth-order valence-electron chi connectivity index (χ4n) is 1.75. The van der Waals surface area contributed by atoms with E-state index in [1.165, 1.54) is 5.56 Å². The molecule has 0 unspecified atom stereocenters. The molecule has 0 amide bonds. The van der Waals surface area contributed by atoms with E-state index in [4.69, 9.17) is 5.73 Å². The van der Waals surface area contributed by atoms with Gasteiger partial charge in [0.1, 0.15) is 0 Å². The van der Waals surface area contributed by atoms with Crippen LogP contribution < -0.4 is 5.73 Å². The van der Waals surface area contributed by atoms with Crippen molar-refractivity contribution in [1.82, 2.24) is 0 Å². The lowest BCUT2D eigenvalue weighted by Gasteiger charge is -2.05. The van der Waals surface area contributed by atoms with Crippen LogP contribution in [0.1, 0.15) is 28.4 Å². The Balaban J connectivity index is 2.34. The molecule has 0 saturated heterocycles. The SMILES string of the molecule is CCc1ccc(C(=O)c2ccccc2N)cc1. The van der Waals surface area contributed by atoms with E-state index in [1.807, 2.05) is 36.4 Å². The molecule has 0 radical (unpaired) electrons. The van der Waals surface area contributed by atoms with Crippen LogP contribution in [0.15, 0.2) is 48.5 Å². The van der Waals surface area contributed by atoms with Crippen LogP contribution in [-0.2, 0) is 6.42 Å². The van der Waals surface area contributed by atoms with Crippen LogP contribution in [0.5, 0.6) is 0 Å². The summed E-state index contributed by atoms with van der Waals surface area (Å²) < 4.78 is 0. The summed E-state index contributed by atoms with van der Waals surface area (Å²) in [5.41, 5.74) is 8.79. The predicted octanol–water partition coefficient (Wildman–Crippen LogP) is 3.06. The number of anilines is 1. The fraction of sp³-hybridized carbons (Fsp3) is 0.133. The second kappa shape index (κ2) is 4.83. The van der Waals surface area contributed by atoms with Gasteiger partial charge in [0.2, 0.25) is 0 Å². The number of ketones is 1. The largest absolute Gasteiger partial charge is 0.398 e. The number of benzene rings is 2. The molecular weight excluding hydrogens is 210 g/mol. The van der Waals surface area contributed by atoms with Gasteiger partial charge in [0.25, 0.3) is 0 Å². The lowest BCUT2D eigenvalue weighted by Crippen LogP contribution is -2.05. The smallest absolute Gasteiger partial charge is 0.195 e. The first-order valence-electron chi connectivity index (χ1n) is 5.70. The van der Waals surface area contributed by atoms with Crippen molar-refractivity contribution in [3.63, 3.8) is 0 Å². The van der Waals surface area contributed by atoms with Crippen LogP contribution in [0, 0.1) is 0 Å². The maximum atomic E-state index is 12.2. The number of para-hydroxylation sites is 1. The van der Waals surface area contributed by atoms with Crippen molar-refractivity contribution in [2.45, 2.75) is 13.3 Å². The van der Waals surface area contributed by atoms with Gasteiger partial charge in [-0.15, -0.1) is 0 Å². The van der Waals surface area contributed by atoms with Gasteiger partial charge in [0, 0.05) is 16.8 Å². The van der Waals surface area contributed by atoms with Crippen LogP contribution in [0.25, 0.3) is 0 Å². The van der Waals surface area contributed by atoms with E-state index < -0.39 is 0 Å². The number of carbonyl (C=O) groups excluding carboxylic acids is 1. The van der Waals surface area contributed by atoms with E-state index in [9.17, 15) is 4.79 Å². The van der Waals surface area contributed by atoms with E-state index >= 15 is 0 Å². The molecule has 0 spiro atoms. The van der Waals surface area contributed by atoms with Crippen molar-refractivity contribution < 1.29 is 4.79 Å². The molecular formula is C15H15NO. The zero-order valence-electron chi connectivity index (χ0n) is 9.81. The molecule has 0 atom stereocenters. The van der Waals surface area contributed by atoms with Gasteiger partial charge in [-0.2, -0.15) is 0 Å².